The smallest absolute Gasteiger partial charge is 0.325 e. The summed E-state index contributed by atoms with van der Waals surface area (Å²) in [6.45, 7) is 1.46. The summed E-state index contributed by atoms with van der Waals surface area (Å²) in [6, 6.07) is 5.38. The lowest BCUT2D eigenvalue weighted by Gasteiger charge is -2.09. The van der Waals surface area contributed by atoms with Crippen molar-refractivity contribution in [1.29, 1.82) is 0 Å². The van der Waals surface area contributed by atoms with Crippen LogP contribution < -0.4 is 0 Å². The fourth-order valence-electron chi connectivity index (χ4n) is 1.61. The number of rotatable bonds is 3. The Balaban J connectivity index is 2.21. The zero-order valence-corrected chi connectivity index (χ0v) is 11.8. The summed E-state index contributed by atoms with van der Waals surface area (Å²) in [6.07, 6.45) is 1.54. The average Bonchev–Trinajstić information content (AvgIpc) is 2.66. The van der Waals surface area contributed by atoms with Crippen molar-refractivity contribution in [1.82, 2.24) is 9.88 Å². The van der Waals surface area contributed by atoms with Crippen molar-refractivity contribution in [2.24, 2.45) is 0 Å². The van der Waals surface area contributed by atoms with Crippen LogP contribution in [-0.4, -0.2) is 40.7 Å². The topological polar surface area (TPSA) is 76.6 Å². The van der Waals surface area contributed by atoms with E-state index in [0.29, 0.717) is 5.69 Å². The van der Waals surface area contributed by atoms with E-state index in [1.807, 2.05) is 19.1 Å². The zero-order valence-electron chi connectivity index (χ0n) is 11.0. The molecule has 0 radical (unpaired) electrons. The fourth-order valence-corrected chi connectivity index (χ4v) is 2.43. The van der Waals surface area contributed by atoms with Gasteiger partial charge in [-0.1, -0.05) is 6.07 Å². The lowest BCUT2D eigenvalue weighted by molar-refractivity contribution is -0.143. The summed E-state index contributed by atoms with van der Waals surface area (Å²) in [5.41, 5.74) is 1.40. The third-order valence-electron chi connectivity index (χ3n) is 2.58. The average molecular weight is 292 g/mol. The van der Waals surface area contributed by atoms with E-state index in [4.69, 9.17) is 0 Å². The first-order valence-corrected chi connectivity index (χ1v) is 6.59. The number of pyridine rings is 1. The molecule has 1 aliphatic heterocycles. The maximum Gasteiger partial charge on any atom is 0.325 e. The van der Waals surface area contributed by atoms with Gasteiger partial charge in [0.15, 0.2) is 0 Å². The van der Waals surface area contributed by atoms with E-state index < -0.39 is 17.1 Å². The molecule has 0 spiro atoms. The molecule has 1 aromatic rings. The lowest BCUT2D eigenvalue weighted by Crippen LogP contribution is -2.34. The molecule has 6 nitrogen and oxygen atoms in total. The molecule has 0 bridgehead atoms. The van der Waals surface area contributed by atoms with Gasteiger partial charge in [-0.3, -0.25) is 24.3 Å². The molecule has 1 saturated heterocycles. The van der Waals surface area contributed by atoms with Gasteiger partial charge < -0.3 is 4.74 Å². The van der Waals surface area contributed by atoms with E-state index in [-0.39, 0.29) is 11.4 Å². The van der Waals surface area contributed by atoms with Gasteiger partial charge in [0.25, 0.3) is 11.1 Å². The SMILES string of the molecule is COC(=O)CN1C(=O)S/C(=C/c2cccc(C)n2)C1=O. The van der Waals surface area contributed by atoms with Crippen molar-refractivity contribution in [2.45, 2.75) is 6.92 Å². The Hall–Kier alpha value is -2.15. The summed E-state index contributed by atoms with van der Waals surface area (Å²) in [4.78, 5) is 40.2. The van der Waals surface area contributed by atoms with Crippen LogP contribution in [0.4, 0.5) is 4.79 Å². The van der Waals surface area contributed by atoms with Crippen LogP contribution in [0.25, 0.3) is 6.08 Å². The number of methoxy groups -OCH3 is 1. The van der Waals surface area contributed by atoms with Crippen LogP contribution in [0, 0.1) is 6.92 Å². The summed E-state index contributed by atoms with van der Waals surface area (Å²) < 4.78 is 4.45. The number of aromatic nitrogens is 1. The molecule has 0 unspecified atom stereocenters. The van der Waals surface area contributed by atoms with E-state index >= 15 is 0 Å². The van der Waals surface area contributed by atoms with E-state index in [1.54, 1.807) is 6.07 Å². The van der Waals surface area contributed by atoms with Crippen molar-refractivity contribution in [3.8, 4) is 0 Å². The molecule has 1 aromatic heterocycles. The van der Waals surface area contributed by atoms with Crippen LogP contribution >= 0.6 is 11.8 Å². The standard InChI is InChI=1S/C13H12N2O4S/c1-8-4-3-5-9(14-8)6-10-12(17)15(13(18)20-10)7-11(16)19-2/h3-6H,7H2,1-2H3/b10-6+. The highest BCUT2D eigenvalue weighted by atomic mass is 32.2. The molecule has 2 amide bonds. The Morgan fingerprint density at radius 1 is 1.45 bits per heavy atom. The third-order valence-corrected chi connectivity index (χ3v) is 3.48. The molecule has 0 aliphatic carbocycles. The van der Waals surface area contributed by atoms with E-state index in [0.717, 1.165) is 22.4 Å². The molecular formula is C13H12N2O4S. The first-order chi connectivity index (χ1) is 9.51. The number of imide groups is 1. The number of amides is 2. The van der Waals surface area contributed by atoms with E-state index in [9.17, 15) is 14.4 Å². The van der Waals surface area contributed by atoms with Crippen LogP contribution in [0.3, 0.4) is 0 Å². The maximum absolute atomic E-state index is 12.0. The van der Waals surface area contributed by atoms with Crippen LogP contribution in [0.15, 0.2) is 23.1 Å². The second-order valence-electron chi connectivity index (χ2n) is 4.05. The third kappa shape index (κ3) is 3.05. The van der Waals surface area contributed by atoms with Gasteiger partial charge in [-0.2, -0.15) is 0 Å². The molecule has 2 heterocycles. The van der Waals surface area contributed by atoms with Crippen LogP contribution in [-0.2, 0) is 14.3 Å². The zero-order chi connectivity index (χ0) is 14.7. The highest BCUT2D eigenvalue weighted by Gasteiger charge is 2.36. The Kier molecular flexibility index (Phi) is 4.19. The second-order valence-corrected chi connectivity index (χ2v) is 5.04. The van der Waals surface area contributed by atoms with Gasteiger partial charge in [0, 0.05) is 5.69 Å². The second kappa shape index (κ2) is 5.87. The number of aryl methyl sites for hydroxylation is 1. The highest BCUT2D eigenvalue weighted by molar-refractivity contribution is 8.18. The summed E-state index contributed by atoms with van der Waals surface area (Å²) in [5.74, 6) is -1.14. The largest absolute Gasteiger partial charge is 0.468 e. The molecule has 0 aromatic carbocycles. The number of hydrogen-bond acceptors (Lipinski definition) is 6. The van der Waals surface area contributed by atoms with Gasteiger partial charge in [0.1, 0.15) is 6.54 Å². The van der Waals surface area contributed by atoms with Crippen molar-refractivity contribution in [3.63, 3.8) is 0 Å². The molecule has 0 atom stereocenters. The van der Waals surface area contributed by atoms with Crippen molar-refractivity contribution >= 4 is 35.0 Å². The molecule has 2 rings (SSSR count). The molecule has 0 N–H and O–H groups in total. The monoisotopic (exact) mass is 292 g/mol. The lowest BCUT2D eigenvalue weighted by atomic mass is 10.3. The minimum Gasteiger partial charge on any atom is -0.468 e. The predicted molar refractivity (Wildman–Crippen MR) is 73.7 cm³/mol. The van der Waals surface area contributed by atoms with Gasteiger partial charge in [0.05, 0.1) is 17.7 Å². The Morgan fingerprint density at radius 2 is 2.20 bits per heavy atom. The quantitative estimate of drug-likeness (QED) is 0.622. The van der Waals surface area contributed by atoms with Gasteiger partial charge in [-0.15, -0.1) is 0 Å². The minimum absolute atomic E-state index is 0.247. The van der Waals surface area contributed by atoms with Crippen molar-refractivity contribution in [3.05, 3.63) is 34.5 Å². The van der Waals surface area contributed by atoms with Crippen molar-refractivity contribution < 1.29 is 19.1 Å². The summed E-state index contributed by atoms with van der Waals surface area (Å²) in [7, 11) is 1.20. The van der Waals surface area contributed by atoms with Crippen LogP contribution in [0.1, 0.15) is 11.4 Å². The molecule has 104 valence electrons. The number of ether oxygens (including phenoxy) is 1. The number of thioether (sulfide) groups is 1. The number of esters is 1. The number of carbonyl (C=O) groups excluding carboxylic acids is 3. The Morgan fingerprint density at radius 3 is 2.85 bits per heavy atom. The van der Waals surface area contributed by atoms with Gasteiger partial charge in [-0.25, -0.2) is 0 Å². The molecule has 20 heavy (non-hydrogen) atoms. The van der Waals surface area contributed by atoms with Gasteiger partial charge >= 0.3 is 5.97 Å². The number of nitrogens with zero attached hydrogens (tertiary/aromatic N) is 2. The van der Waals surface area contributed by atoms with Crippen molar-refractivity contribution in [2.75, 3.05) is 13.7 Å². The Labute approximate surface area is 119 Å². The Bertz CT molecular complexity index is 612. The normalized spacial score (nSPS) is 16.9. The molecule has 1 fully saturated rings. The number of carbonyl (C=O) groups is 3. The molecule has 7 heteroatoms. The maximum atomic E-state index is 12.0. The number of hydrogen-bond donors (Lipinski definition) is 0. The molecule has 1 aliphatic rings. The molecular weight excluding hydrogens is 280 g/mol. The first kappa shape index (κ1) is 14.3. The summed E-state index contributed by atoms with van der Waals surface area (Å²) in [5, 5.41) is -0.487. The molecule has 0 saturated carbocycles. The highest BCUT2D eigenvalue weighted by Crippen LogP contribution is 2.31. The fraction of sp³-hybridized carbons (Fsp3) is 0.231. The van der Waals surface area contributed by atoms with Gasteiger partial charge in [-0.05, 0) is 36.9 Å². The van der Waals surface area contributed by atoms with E-state index in [2.05, 4.69) is 9.72 Å². The minimum atomic E-state index is -0.637. The summed E-state index contributed by atoms with van der Waals surface area (Å²) >= 11 is 0.786. The van der Waals surface area contributed by atoms with Crippen LogP contribution in [0.2, 0.25) is 0 Å². The van der Waals surface area contributed by atoms with E-state index in [1.165, 1.54) is 13.2 Å². The van der Waals surface area contributed by atoms with Gasteiger partial charge in [0.2, 0.25) is 0 Å². The first-order valence-electron chi connectivity index (χ1n) is 5.77. The predicted octanol–water partition coefficient (Wildman–Crippen LogP) is 1.60. The van der Waals surface area contributed by atoms with Crippen LogP contribution in [0.5, 0.6) is 0 Å².